The van der Waals surface area contributed by atoms with E-state index in [1.165, 1.54) is 41.7 Å². The molecule has 9 nitrogen and oxygen atoms in total. The maximum absolute atomic E-state index is 13.1. The number of nitrogens with zero attached hydrogens (tertiary/aromatic N) is 3. The Hall–Kier alpha value is -4.32. The summed E-state index contributed by atoms with van der Waals surface area (Å²) in [7, 11) is 0. The zero-order valence-corrected chi connectivity index (χ0v) is 21.4. The normalized spacial score (nSPS) is 11.8. The van der Waals surface area contributed by atoms with Crippen molar-refractivity contribution in [1.29, 1.82) is 0 Å². The number of imidazole rings is 1. The third-order valence-electron chi connectivity index (χ3n) is 5.04. The number of nitro groups is 1. The minimum absolute atomic E-state index is 0.116. The Bertz CT molecular complexity index is 1490. The van der Waals surface area contributed by atoms with Crippen molar-refractivity contribution >= 4 is 40.1 Å². The number of para-hydroxylation sites is 1. The second kappa shape index (κ2) is 11.0. The molecule has 0 saturated heterocycles. The van der Waals surface area contributed by atoms with E-state index in [4.69, 9.17) is 9.47 Å². The van der Waals surface area contributed by atoms with Gasteiger partial charge in [0.1, 0.15) is 5.75 Å². The number of carbonyl (C=O) groups excluding carboxylic acids is 1. The lowest BCUT2D eigenvalue weighted by Crippen LogP contribution is -2.18. The summed E-state index contributed by atoms with van der Waals surface area (Å²) in [5, 5.41) is 12.6. The largest absolute Gasteiger partial charge is 0.489 e. The molecule has 198 valence electrons. The minimum atomic E-state index is -3.04. The second-order valence-electron chi connectivity index (χ2n) is 9.28. The second-order valence-corrected chi connectivity index (χ2v) is 10.2. The fourth-order valence-electron chi connectivity index (χ4n) is 3.38. The van der Waals surface area contributed by atoms with Crippen LogP contribution >= 0.6 is 11.3 Å². The van der Waals surface area contributed by atoms with E-state index in [0.717, 1.165) is 0 Å². The highest BCUT2D eigenvalue weighted by Gasteiger charge is 2.22. The Morgan fingerprint density at radius 1 is 1.18 bits per heavy atom. The van der Waals surface area contributed by atoms with E-state index in [-0.39, 0.29) is 46.3 Å². The first-order valence-electron chi connectivity index (χ1n) is 11.3. The third kappa shape index (κ3) is 6.32. The molecule has 0 saturated carbocycles. The van der Waals surface area contributed by atoms with Crippen molar-refractivity contribution < 1.29 is 32.7 Å². The summed E-state index contributed by atoms with van der Waals surface area (Å²) in [5.41, 5.74) is 0.444. The van der Waals surface area contributed by atoms with Gasteiger partial charge in [0, 0.05) is 29.3 Å². The summed E-state index contributed by atoms with van der Waals surface area (Å²) in [6.07, 6.45) is 4.80. The van der Waals surface area contributed by atoms with Crippen molar-refractivity contribution in [2.75, 3.05) is 6.61 Å². The van der Waals surface area contributed by atoms with Gasteiger partial charge in [-0.2, -0.15) is 8.78 Å². The van der Waals surface area contributed by atoms with Crippen LogP contribution in [0.4, 0.5) is 14.5 Å². The number of hydrogen-bond acceptors (Lipinski definition) is 8. The molecule has 2 heterocycles. The third-order valence-corrected chi connectivity index (χ3v) is 5.79. The van der Waals surface area contributed by atoms with Gasteiger partial charge in [-0.1, -0.05) is 32.9 Å². The first-order chi connectivity index (χ1) is 18.0. The van der Waals surface area contributed by atoms with E-state index >= 15 is 0 Å². The molecular formula is C26H23F2N3O6S. The highest BCUT2D eigenvalue weighted by Crippen LogP contribution is 2.35. The van der Waals surface area contributed by atoms with Crippen LogP contribution < -0.4 is 14.2 Å². The van der Waals surface area contributed by atoms with Gasteiger partial charge in [0.05, 0.1) is 17.2 Å². The SMILES string of the molecule is CC(C)(C)COc1c(/C=C/c2nc3sccn3c2C(=O)Oc2ccc([N+](=O)[O-])cc2)cccc1OC(F)F. The van der Waals surface area contributed by atoms with E-state index in [9.17, 15) is 23.7 Å². The number of thiazole rings is 1. The van der Waals surface area contributed by atoms with Gasteiger partial charge < -0.3 is 14.2 Å². The Kier molecular flexibility index (Phi) is 7.72. The summed E-state index contributed by atoms with van der Waals surface area (Å²) in [4.78, 5) is 28.5. The summed E-state index contributed by atoms with van der Waals surface area (Å²) in [6.45, 7) is 3.04. The van der Waals surface area contributed by atoms with E-state index < -0.39 is 17.5 Å². The lowest BCUT2D eigenvalue weighted by atomic mass is 9.98. The number of benzene rings is 2. The van der Waals surface area contributed by atoms with Crippen molar-refractivity contribution in [1.82, 2.24) is 9.38 Å². The van der Waals surface area contributed by atoms with Crippen LogP contribution in [0, 0.1) is 15.5 Å². The van der Waals surface area contributed by atoms with Crippen molar-refractivity contribution in [3.8, 4) is 17.2 Å². The molecule has 2 aromatic carbocycles. The van der Waals surface area contributed by atoms with Gasteiger partial charge in [0.25, 0.3) is 5.69 Å². The molecule has 0 N–H and O–H groups in total. The summed E-state index contributed by atoms with van der Waals surface area (Å²) in [5.74, 6) is -0.594. The first kappa shape index (κ1) is 26.7. The number of rotatable bonds is 9. The van der Waals surface area contributed by atoms with Crippen LogP contribution in [-0.4, -0.2) is 33.5 Å². The predicted molar refractivity (Wildman–Crippen MR) is 138 cm³/mol. The molecule has 2 aromatic heterocycles. The van der Waals surface area contributed by atoms with Crippen LogP contribution in [0.1, 0.15) is 42.5 Å². The van der Waals surface area contributed by atoms with Gasteiger partial charge in [0.2, 0.25) is 0 Å². The average molecular weight is 544 g/mol. The smallest absolute Gasteiger partial charge is 0.387 e. The maximum atomic E-state index is 13.1. The van der Waals surface area contributed by atoms with Crippen LogP contribution in [0.5, 0.6) is 17.2 Å². The standard InChI is InChI=1S/C26H23F2N3O6S/c1-26(2,3)15-35-22-16(5-4-6-20(22)37-24(27)28)7-12-19-21(30-13-14-38-25(30)29-19)23(32)36-18-10-8-17(9-11-18)31(33)34/h4-14,24H,15H2,1-3H3/b12-7+. The monoisotopic (exact) mass is 543 g/mol. The van der Waals surface area contributed by atoms with E-state index in [0.29, 0.717) is 10.5 Å². The molecule has 0 amide bonds. The van der Waals surface area contributed by atoms with Gasteiger partial charge >= 0.3 is 12.6 Å². The highest BCUT2D eigenvalue weighted by atomic mass is 32.1. The van der Waals surface area contributed by atoms with Crippen LogP contribution in [-0.2, 0) is 0 Å². The number of ether oxygens (including phenoxy) is 3. The first-order valence-corrected chi connectivity index (χ1v) is 12.2. The zero-order chi connectivity index (χ0) is 27.4. The van der Waals surface area contributed by atoms with Crippen LogP contribution in [0.2, 0.25) is 0 Å². The molecule has 0 atom stereocenters. The summed E-state index contributed by atoms with van der Waals surface area (Å²) >= 11 is 1.30. The maximum Gasteiger partial charge on any atom is 0.387 e. The van der Waals surface area contributed by atoms with Gasteiger partial charge in [-0.25, -0.2) is 9.78 Å². The number of aromatic nitrogens is 2. The zero-order valence-electron chi connectivity index (χ0n) is 20.6. The van der Waals surface area contributed by atoms with Crippen molar-refractivity contribution in [3.63, 3.8) is 0 Å². The fourth-order valence-corrected chi connectivity index (χ4v) is 4.10. The minimum Gasteiger partial charge on any atom is -0.489 e. The molecule has 0 aliphatic heterocycles. The van der Waals surface area contributed by atoms with Crippen molar-refractivity contribution in [3.05, 3.63) is 81.1 Å². The Balaban J connectivity index is 1.67. The Morgan fingerprint density at radius 3 is 2.58 bits per heavy atom. The number of alkyl halides is 2. The van der Waals surface area contributed by atoms with Gasteiger partial charge in [-0.15, -0.1) is 11.3 Å². The lowest BCUT2D eigenvalue weighted by molar-refractivity contribution is -0.384. The number of fused-ring (bicyclic) bond motifs is 1. The predicted octanol–water partition coefficient (Wildman–Crippen LogP) is 6.72. The van der Waals surface area contributed by atoms with Crippen molar-refractivity contribution in [2.24, 2.45) is 5.41 Å². The quantitative estimate of drug-likeness (QED) is 0.0999. The summed E-state index contributed by atoms with van der Waals surface area (Å²) < 4.78 is 43.6. The number of carbonyl (C=O) groups is 1. The Labute approximate surface area is 220 Å². The van der Waals surface area contributed by atoms with Gasteiger partial charge in [0.15, 0.2) is 22.2 Å². The molecule has 0 fully saturated rings. The molecule has 12 heteroatoms. The lowest BCUT2D eigenvalue weighted by Gasteiger charge is -2.21. The molecule has 0 bridgehead atoms. The molecular weight excluding hydrogens is 520 g/mol. The Morgan fingerprint density at radius 2 is 1.92 bits per heavy atom. The van der Waals surface area contributed by atoms with E-state index in [1.54, 1.807) is 40.3 Å². The molecule has 4 rings (SSSR count). The van der Waals surface area contributed by atoms with Crippen LogP contribution in [0.25, 0.3) is 17.1 Å². The van der Waals surface area contributed by atoms with Crippen LogP contribution in [0.3, 0.4) is 0 Å². The number of nitro benzene ring substituents is 1. The van der Waals surface area contributed by atoms with E-state index in [2.05, 4.69) is 9.72 Å². The molecule has 0 unspecified atom stereocenters. The summed E-state index contributed by atoms with van der Waals surface area (Å²) in [6, 6.07) is 9.72. The van der Waals surface area contributed by atoms with Crippen LogP contribution in [0.15, 0.2) is 54.0 Å². The van der Waals surface area contributed by atoms with Crippen molar-refractivity contribution in [2.45, 2.75) is 27.4 Å². The number of hydrogen-bond donors (Lipinski definition) is 0. The highest BCUT2D eigenvalue weighted by molar-refractivity contribution is 7.15. The number of esters is 1. The molecule has 0 aliphatic carbocycles. The fraction of sp³-hybridized carbons (Fsp3) is 0.231. The van der Waals surface area contributed by atoms with Gasteiger partial charge in [-0.3, -0.25) is 14.5 Å². The molecule has 0 aliphatic rings. The molecule has 4 aromatic rings. The molecule has 38 heavy (non-hydrogen) atoms. The van der Waals surface area contributed by atoms with E-state index in [1.807, 2.05) is 20.8 Å². The molecule has 0 spiro atoms. The number of non-ortho nitro benzene ring substituents is 1. The topological polar surface area (TPSA) is 105 Å². The number of halogens is 2. The van der Waals surface area contributed by atoms with Gasteiger partial charge in [-0.05, 0) is 35.8 Å². The average Bonchev–Trinajstić information content (AvgIpc) is 3.42. The molecule has 0 radical (unpaired) electrons.